The van der Waals surface area contributed by atoms with Crippen molar-refractivity contribution in [3.8, 4) is 0 Å². The van der Waals surface area contributed by atoms with Gasteiger partial charge in [-0.05, 0) is 50.8 Å². The number of hydrogen-bond acceptors (Lipinski definition) is 5. The third-order valence-corrected chi connectivity index (χ3v) is 5.86. The van der Waals surface area contributed by atoms with Gasteiger partial charge in [-0.3, -0.25) is 5.10 Å². The smallest absolute Gasteiger partial charge is 0.244 e. The molecule has 2 aliphatic heterocycles. The summed E-state index contributed by atoms with van der Waals surface area (Å²) in [5, 5.41) is 7.60. The van der Waals surface area contributed by atoms with E-state index in [1.165, 1.54) is 31.4 Å². The van der Waals surface area contributed by atoms with Crippen molar-refractivity contribution >= 4 is 17.7 Å². The quantitative estimate of drug-likeness (QED) is 0.883. The summed E-state index contributed by atoms with van der Waals surface area (Å²) < 4.78 is 0.133. The Morgan fingerprint density at radius 2 is 2.42 bits per heavy atom. The zero-order chi connectivity index (χ0) is 13.3. The minimum absolute atomic E-state index is 0.133. The van der Waals surface area contributed by atoms with E-state index >= 15 is 0 Å². The number of piperidine rings is 1. The van der Waals surface area contributed by atoms with Crippen molar-refractivity contribution in [2.24, 2.45) is 11.7 Å². The van der Waals surface area contributed by atoms with Crippen LogP contribution in [0.5, 0.6) is 0 Å². The summed E-state index contributed by atoms with van der Waals surface area (Å²) in [6.45, 7) is 5.09. The number of anilines is 1. The van der Waals surface area contributed by atoms with Gasteiger partial charge in [0.1, 0.15) is 5.82 Å². The Bertz CT molecular complexity index is 426. The minimum atomic E-state index is 0.133. The van der Waals surface area contributed by atoms with Gasteiger partial charge >= 0.3 is 0 Å². The average Bonchev–Trinajstić information content (AvgIpc) is 3.08. The van der Waals surface area contributed by atoms with E-state index in [4.69, 9.17) is 10.7 Å². The van der Waals surface area contributed by atoms with Crippen molar-refractivity contribution in [3.05, 3.63) is 5.82 Å². The number of aromatic amines is 1. The first-order chi connectivity index (χ1) is 9.21. The molecule has 0 radical (unpaired) electrons. The molecule has 2 aliphatic rings. The van der Waals surface area contributed by atoms with Crippen LogP contribution in [0.1, 0.15) is 38.4 Å². The zero-order valence-corrected chi connectivity index (χ0v) is 12.4. The van der Waals surface area contributed by atoms with Crippen molar-refractivity contribution in [1.29, 1.82) is 0 Å². The van der Waals surface area contributed by atoms with Crippen LogP contribution in [-0.4, -0.2) is 40.6 Å². The van der Waals surface area contributed by atoms with Gasteiger partial charge in [0.25, 0.3) is 0 Å². The van der Waals surface area contributed by atoms with Crippen LogP contribution in [0.3, 0.4) is 0 Å². The Hall–Kier alpha value is -0.750. The molecule has 19 heavy (non-hydrogen) atoms. The second-order valence-electron chi connectivity index (χ2n) is 5.86. The maximum absolute atomic E-state index is 5.79. The lowest BCUT2D eigenvalue weighted by Gasteiger charge is -2.31. The molecule has 3 rings (SSSR count). The summed E-state index contributed by atoms with van der Waals surface area (Å²) in [6.07, 6.45) is 4.89. The van der Waals surface area contributed by atoms with Gasteiger partial charge in [0.05, 0.1) is 4.75 Å². The fraction of sp³-hybridized carbons (Fsp3) is 0.846. The lowest BCUT2D eigenvalue weighted by atomic mass is 9.99. The van der Waals surface area contributed by atoms with Crippen LogP contribution < -0.4 is 10.6 Å². The highest BCUT2D eigenvalue weighted by atomic mass is 32.2. The molecule has 3 N–H and O–H groups in total. The van der Waals surface area contributed by atoms with Crippen molar-refractivity contribution < 1.29 is 0 Å². The highest BCUT2D eigenvalue weighted by molar-refractivity contribution is 8.00. The van der Waals surface area contributed by atoms with Gasteiger partial charge in [-0.1, -0.05) is 0 Å². The van der Waals surface area contributed by atoms with E-state index in [0.717, 1.165) is 31.4 Å². The highest BCUT2D eigenvalue weighted by Crippen LogP contribution is 2.44. The van der Waals surface area contributed by atoms with E-state index in [9.17, 15) is 0 Å². The van der Waals surface area contributed by atoms with Crippen molar-refractivity contribution in [1.82, 2.24) is 15.2 Å². The van der Waals surface area contributed by atoms with Crippen molar-refractivity contribution in [3.63, 3.8) is 0 Å². The topological polar surface area (TPSA) is 70.8 Å². The van der Waals surface area contributed by atoms with Gasteiger partial charge in [0.2, 0.25) is 5.95 Å². The molecule has 0 aromatic carbocycles. The molecule has 2 saturated heterocycles. The van der Waals surface area contributed by atoms with Crippen LogP contribution >= 0.6 is 11.8 Å². The lowest BCUT2D eigenvalue weighted by molar-refractivity contribution is 0.419. The third-order valence-electron chi connectivity index (χ3n) is 4.33. The van der Waals surface area contributed by atoms with Crippen LogP contribution in [0.25, 0.3) is 0 Å². The second-order valence-corrected chi connectivity index (χ2v) is 7.45. The number of nitrogens with zero attached hydrogens (tertiary/aromatic N) is 3. The SMILES string of the molecule is CC1(c2nc(N3CCCC(CN)C3)n[nH]2)CCCS1. The molecule has 6 heteroatoms. The largest absolute Gasteiger partial charge is 0.339 e. The summed E-state index contributed by atoms with van der Waals surface area (Å²) in [6, 6.07) is 0. The number of nitrogens with two attached hydrogens (primary N) is 1. The molecule has 2 atom stereocenters. The molecule has 2 fully saturated rings. The zero-order valence-electron chi connectivity index (χ0n) is 11.6. The molecule has 0 aliphatic carbocycles. The van der Waals surface area contributed by atoms with Crippen LogP contribution in [0.2, 0.25) is 0 Å². The van der Waals surface area contributed by atoms with Crippen molar-refractivity contribution in [2.75, 3.05) is 30.3 Å². The first-order valence-electron chi connectivity index (χ1n) is 7.23. The molecule has 0 saturated carbocycles. The minimum Gasteiger partial charge on any atom is -0.339 e. The van der Waals surface area contributed by atoms with Gasteiger partial charge < -0.3 is 10.6 Å². The number of H-pyrrole nitrogens is 1. The normalized spacial score (nSPS) is 31.9. The van der Waals surface area contributed by atoms with Gasteiger partial charge in [-0.2, -0.15) is 4.98 Å². The Balaban J connectivity index is 1.74. The number of hydrogen-bond donors (Lipinski definition) is 2. The molecule has 1 aromatic rings. The molecule has 0 spiro atoms. The van der Waals surface area contributed by atoms with Crippen molar-refractivity contribution in [2.45, 2.75) is 37.4 Å². The molecule has 0 bridgehead atoms. The van der Waals surface area contributed by atoms with E-state index in [-0.39, 0.29) is 4.75 Å². The maximum atomic E-state index is 5.79. The summed E-state index contributed by atoms with van der Waals surface area (Å²) in [5.41, 5.74) is 5.79. The predicted octanol–water partition coefficient (Wildman–Crippen LogP) is 1.72. The lowest BCUT2D eigenvalue weighted by Crippen LogP contribution is -2.39. The fourth-order valence-electron chi connectivity index (χ4n) is 3.04. The molecular formula is C13H23N5S. The van der Waals surface area contributed by atoms with Gasteiger partial charge in [-0.15, -0.1) is 16.9 Å². The number of thioether (sulfide) groups is 1. The summed E-state index contributed by atoms with van der Waals surface area (Å²) >= 11 is 1.99. The Morgan fingerprint density at radius 3 is 3.16 bits per heavy atom. The first-order valence-corrected chi connectivity index (χ1v) is 8.22. The average molecular weight is 281 g/mol. The number of rotatable bonds is 3. The summed E-state index contributed by atoms with van der Waals surface area (Å²) in [4.78, 5) is 7.04. The highest BCUT2D eigenvalue weighted by Gasteiger charge is 2.35. The number of nitrogens with one attached hydrogen (secondary N) is 1. The predicted molar refractivity (Wildman–Crippen MR) is 79.4 cm³/mol. The van der Waals surface area contributed by atoms with Gasteiger partial charge in [0, 0.05) is 13.1 Å². The van der Waals surface area contributed by atoms with E-state index in [1.54, 1.807) is 0 Å². The monoisotopic (exact) mass is 281 g/mol. The fourth-order valence-corrected chi connectivity index (χ4v) is 4.29. The van der Waals surface area contributed by atoms with E-state index < -0.39 is 0 Å². The van der Waals surface area contributed by atoms with Gasteiger partial charge in [-0.25, -0.2) is 0 Å². The first kappa shape index (κ1) is 13.2. The Kier molecular flexibility index (Phi) is 3.71. The van der Waals surface area contributed by atoms with Crippen LogP contribution in [0, 0.1) is 5.92 Å². The second kappa shape index (κ2) is 5.32. The molecule has 5 nitrogen and oxygen atoms in total. The van der Waals surface area contributed by atoms with E-state index in [2.05, 4.69) is 22.0 Å². The van der Waals surface area contributed by atoms with E-state index in [1.807, 2.05) is 11.8 Å². The Labute approximate surface area is 118 Å². The van der Waals surface area contributed by atoms with Crippen LogP contribution in [0.4, 0.5) is 5.95 Å². The standard InChI is InChI=1S/C13H23N5S/c1-13(5-3-7-19-13)11-15-12(17-16-11)18-6-2-4-10(8-14)9-18/h10H,2-9,14H2,1H3,(H,15,16,17). The molecule has 3 heterocycles. The Morgan fingerprint density at radius 1 is 1.53 bits per heavy atom. The van der Waals surface area contributed by atoms with Gasteiger partial charge in [0.15, 0.2) is 0 Å². The molecule has 2 unspecified atom stereocenters. The number of aromatic nitrogens is 3. The molecule has 106 valence electrons. The van der Waals surface area contributed by atoms with Crippen LogP contribution in [-0.2, 0) is 4.75 Å². The molecular weight excluding hydrogens is 258 g/mol. The molecule has 1 aromatic heterocycles. The third kappa shape index (κ3) is 2.60. The summed E-state index contributed by atoms with van der Waals surface area (Å²) in [7, 11) is 0. The molecule has 0 amide bonds. The van der Waals surface area contributed by atoms with Crippen LogP contribution in [0.15, 0.2) is 0 Å². The maximum Gasteiger partial charge on any atom is 0.244 e. The van der Waals surface area contributed by atoms with E-state index in [0.29, 0.717) is 5.92 Å². The summed E-state index contributed by atoms with van der Waals surface area (Å²) in [5.74, 6) is 3.72.